The molecule has 0 saturated carbocycles. The second-order valence-corrected chi connectivity index (χ2v) is 3.21. The first-order chi connectivity index (χ1) is 6.50. The van der Waals surface area contributed by atoms with Crippen LogP contribution in [0, 0.1) is 17.0 Å². The maximum Gasteiger partial charge on any atom is 0.229 e. The van der Waals surface area contributed by atoms with Gasteiger partial charge < -0.3 is 0 Å². The van der Waals surface area contributed by atoms with E-state index in [1.165, 1.54) is 6.92 Å². The zero-order valence-corrected chi connectivity index (χ0v) is 8.11. The smallest absolute Gasteiger partial charge is 0.229 e. The molecule has 0 saturated heterocycles. The summed E-state index contributed by atoms with van der Waals surface area (Å²) in [6, 6.07) is 5.08. The molecule has 0 unspecified atom stereocenters. The minimum absolute atomic E-state index is 0.134. The first-order valence-corrected chi connectivity index (χ1v) is 4.23. The second kappa shape index (κ2) is 4.00. The van der Waals surface area contributed by atoms with Gasteiger partial charge in [0.2, 0.25) is 6.54 Å². The number of hydrogen-bond donors (Lipinski definition) is 0. The fourth-order valence-electron chi connectivity index (χ4n) is 1.29. The molecular weight excluding hydrogens is 182 g/mol. The van der Waals surface area contributed by atoms with Gasteiger partial charge >= 0.3 is 0 Å². The Morgan fingerprint density at radius 3 is 2.64 bits per heavy atom. The van der Waals surface area contributed by atoms with Crippen LogP contribution in [0.5, 0.6) is 0 Å². The van der Waals surface area contributed by atoms with E-state index in [2.05, 4.69) is 0 Å². The maximum absolute atomic E-state index is 11.2. The van der Waals surface area contributed by atoms with Crippen molar-refractivity contribution in [1.29, 1.82) is 0 Å². The van der Waals surface area contributed by atoms with Gasteiger partial charge in [0.05, 0.1) is 0 Å². The molecule has 1 aromatic rings. The van der Waals surface area contributed by atoms with E-state index in [1.54, 1.807) is 18.2 Å². The lowest BCUT2D eigenvalue weighted by molar-refractivity contribution is -0.496. The molecule has 0 bridgehead atoms. The number of rotatable bonds is 3. The predicted molar refractivity (Wildman–Crippen MR) is 51.9 cm³/mol. The summed E-state index contributed by atoms with van der Waals surface area (Å²) in [4.78, 5) is 21.1. The quantitative estimate of drug-likeness (QED) is 0.419. The lowest BCUT2D eigenvalue weighted by Gasteiger charge is -2.03. The summed E-state index contributed by atoms with van der Waals surface area (Å²) in [7, 11) is 0. The molecule has 0 aliphatic rings. The van der Waals surface area contributed by atoms with Gasteiger partial charge in [-0.2, -0.15) is 0 Å². The molecule has 14 heavy (non-hydrogen) atoms. The average molecular weight is 193 g/mol. The molecule has 74 valence electrons. The molecule has 0 heterocycles. The molecule has 0 aromatic heterocycles. The van der Waals surface area contributed by atoms with Gasteiger partial charge in [0, 0.05) is 16.1 Å². The topological polar surface area (TPSA) is 60.2 Å². The van der Waals surface area contributed by atoms with Crippen molar-refractivity contribution in [2.75, 3.05) is 0 Å². The Morgan fingerprint density at radius 1 is 1.50 bits per heavy atom. The van der Waals surface area contributed by atoms with Crippen LogP contribution in [0.4, 0.5) is 0 Å². The Hall–Kier alpha value is -1.71. The Balaban J connectivity index is 3.14. The van der Waals surface area contributed by atoms with Crippen LogP contribution in [0.1, 0.15) is 28.4 Å². The van der Waals surface area contributed by atoms with Crippen LogP contribution < -0.4 is 0 Å². The van der Waals surface area contributed by atoms with Crippen LogP contribution in [0.2, 0.25) is 0 Å². The maximum atomic E-state index is 11.2. The van der Waals surface area contributed by atoms with Crippen molar-refractivity contribution in [3.05, 3.63) is 45.0 Å². The number of benzene rings is 1. The molecular formula is C10H11NO3. The molecule has 0 radical (unpaired) electrons. The van der Waals surface area contributed by atoms with Crippen LogP contribution in [0.25, 0.3) is 0 Å². The molecule has 0 amide bonds. The van der Waals surface area contributed by atoms with Crippen molar-refractivity contribution in [3.8, 4) is 0 Å². The van der Waals surface area contributed by atoms with Crippen LogP contribution >= 0.6 is 0 Å². The summed E-state index contributed by atoms with van der Waals surface area (Å²) in [5, 5.41) is 10.3. The fourth-order valence-corrected chi connectivity index (χ4v) is 1.29. The number of carbonyl (C=O) groups excluding carboxylic acids is 1. The van der Waals surface area contributed by atoms with E-state index < -0.39 is 4.92 Å². The largest absolute Gasteiger partial charge is 0.294 e. The third kappa shape index (κ3) is 2.39. The molecule has 4 heteroatoms. The Morgan fingerprint density at radius 2 is 2.14 bits per heavy atom. The Bertz CT molecular complexity index is 385. The van der Waals surface area contributed by atoms with E-state index in [4.69, 9.17) is 0 Å². The zero-order chi connectivity index (χ0) is 10.7. The number of hydrogen-bond acceptors (Lipinski definition) is 3. The highest BCUT2D eigenvalue weighted by atomic mass is 16.6. The van der Waals surface area contributed by atoms with E-state index in [0.29, 0.717) is 11.1 Å². The van der Waals surface area contributed by atoms with E-state index in [0.717, 1.165) is 5.56 Å². The van der Waals surface area contributed by atoms with Crippen LogP contribution in [0.15, 0.2) is 18.2 Å². The van der Waals surface area contributed by atoms with Crippen LogP contribution in [0.3, 0.4) is 0 Å². The van der Waals surface area contributed by atoms with Crippen molar-refractivity contribution in [3.63, 3.8) is 0 Å². The summed E-state index contributed by atoms with van der Waals surface area (Å²) in [5.74, 6) is -0.134. The third-order valence-corrected chi connectivity index (χ3v) is 1.94. The highest BCUT2D eigenvalue weighted by Gasteiger charge is 2.11. The van der Waals surface area contributed by atoms with Gasteiger partial charge in [0.15, 0.2) is 5.78 Å². The third-order valence-electron chi connectivity index (χ3n) is 1.94. The second-order valence-electron chi connectivity index (χ2n) is 3.21. The Kier molecular flexibility index (Phi) is 2.96. The number of Topliss-reactive ketones (excluding diaryl/α,β-unsaturated/α-hetero) is 1. The minimum Gasteiger partial charge on any atom is -0.294 e. The SMILES string of the molecule is CC(=O)c1cc(C)ccc1C[N+](=O)[O-]. The van der Waals surface area contributed by atoms with Crippen LogP contribution in [-0.2, 0) is 6.54 Å². The molecule has 0 spiro atoms. The number of carbonyl (C=O) groups is 1. The average Bonchev–Trinajstić information content (AvgIpc) is 2.07. The lowest BCUT2D eigenvalue weighted by Crippen LogP contribution is -2.05. The highest BCUT2D eigenvalue weighted by molar-refractivity contribution is 5.95. The predicted octanol–water partition coefficient (Wildman–Crippen LogP) is 1.97. The fraction of sp³-hybridized carbons (Fsp3) is 0.300. The van der Waals surface area contributed by atoms with Gasteiger partial charge in [-0.05, 0) is 19.9 Å². The first kappa shape index (κ1) is 10.4. The number of nitrogens with zero attached hydrogens (tertiary/aromatic N) is 1. The molecule has 0 N–H and O–H groups in total. The summed E-state index contributed by atoms with van der Waals surface area (Å²) in [6.45, 7) is 2.97. The molecule has 0 fully saturated rings. The van der Waals surface area contributed by atoms with Gasteiger partial charge in [0.1, 0.15) is 0 Å². The normalized spacial score (nSPS) is 9.86. The van der Waals surface area contributed by atoms with Crippen molar-refractivity contribution in [1.82, 2.24) is 0 Å². The molecule has 1 aromatic carbocycles. The van der Waals surface area contributed by atoms with Gasteiger partial charge in [-0.3, -0.25) is 14.9 Å². The minimum atomic E-state index is -0.433. The molecule has 1 rings (SSSR count). The standard InChI is InChI=1S/C10H11NO3/c1-7-3-4-9(6-11(13)14)10(5-7)8(2)12/h3-5H,6H2,1-2H3. The van der Waals surface area contributed by atoms with Crippen LogP contribution in [-0.4, -0.2) is 10.7 Å². The van der Waals surface area contributed by atoms with E-state index in [-0.39, 0.29) is 12.3 Å². The zero-order valence-electron chi connectivity index (χ0n) is 8.11. The molecule has 0 aliphatic heterocycles. The molecule has 4 nitrogen and oxygen atoms in total. The van der Waals surface area contributed by atoms with Crippen molar-refractivity contribution in [2.24, 2.45) is 0 Å². The molecule has 0 atom stereocenters. The number of ketones is 1. The van der Waals surface area contributed by atoms with Gasteiger partial charge in [-0.1, -0.05) is 17.7 Å². The summed E-state index contributed by atoms with van der Waals surface area (Å²) in [6.07, 6.45) is 0. The van der Waals surface area contributed by atoms with E-state index in [9.17, 15) is 14.9 Å². The Labute approximate surface area is 81.7 Å². The van der Waals surface area contributed by atoms with Gasteiger partial charge in [0.25, 0.3) is 0 Å². The van der Waals surface area contributed by atoms with Crippen molar-refractivity contribution >= 4 is 5.78 Å². The monoisotopic (exact) mass is 193 g/mol. The lowest BCUT2D eigenvalue weighted by atomic mass is 10.0. The van der Waals surface area contributed by atoms with E-state index in [1.807, 2.05) is 6.92 Å². The highest BCUT2D eigenvalue weighted by Crippen LogP contribution is 2.13. The van der Waals surface area contributed by atoms with Gasteiger partial charge in [-0.25, -0.2) is 0 Å². The molecule has 0 aliphatic carbocycles. The number of nitro groups is 1. The van der Waals surface area contributed by atoms with Crippen molar-refractivity contribution < 1.29 is 9.72 Å². The van der Waals surface area contributed by atoms with Gasteiger partial charge in [-0.15, -0.1) is 0 Å². The van der Waals surface area contributed by atoms with Crippen molar-refractivity contribution in [2.45, 2.75) is 20.4 Å². The number of aryl methyl sites for hydroxylation is 1. The summed E-state index contributed by atoms with van der Waals surface area (Å²) < 4.78 is 0. The van der Waals surface area contributed by atoms with E-state index >= 15 is 0 Å². The first-order valence-electron chi connectivity index (χ1n) is 4.23. The summed E-state index contributed by atoms with van der Waals surface area (Å²) >= 11 is 0. The summed E-state index contributed by atoms with van der Waals surface area (Å²) in [5.41, 5.74) is 1.86.